The first-order valence-electron chi connectivity index (χ1n) is 18.3. The summed E-state index contributed by atoms with van der Waals surface area (Å²) in [7, 11) is 0. The van der Waals surface area contributed by atoms with Gasteiger partial charge in [-0.3, -0.25) is 0 Å². The molecule has 0 radical (unpaired) electrons. The first kappa shape index (κ1) is 30.8. The molecule has 0 saturated carbocycles. The Balaban J connectivity index is 1.03. The maximum atomic E-state index is 2.35. The molecule has 10 aromatic carbocycles. The van der Waals surface area contributed by atoms with E-state index >= 15 is 0 Å². The van der Waals surface area contributed by atoms with E-state index in [1.165, 1.54) is 76.5 Å². The first-order valence-corrected chi connectivity index (χ1v) is 18.3. The normalized spacial score (nSPS) is 11.4. The van der Waals surface area contributed by atoms with E-state index in [0.29, 0.717) is 0 Å². The molecule has 0 bridgehead atoms. The molecule has 248 valence electrons. The van der Waals surface area contributed by atoms with Gasteiger partial charge in [-0.15, -0.1) is 0 Å². The number of benzene rings is 10. The van der Waals surface area contributed by atoms with Crippen LogP contribution in [0.1, 0.15) is 0 Å². The van der Waals surface area contributed by atoms with Gasteiger partial charge in [-0.05, 0) is 119 Å². The number of rotatable bonds is 6. The highest BCUT2D eigenvalue weighted by molar-refractivity contribution is 6.20. The fourth-order valence-electron chi connectivity index (χ4n) is 7.97. The van der Waals surface area contributed by atoms with Gasteiger partial charge >= 0.3 is 0 Å². The van der Waals surface area contributed by atoms with Gasteiger partial charge in [0, 0.05) is 17.1 Å². The molecule has 0 aliphatic carbocycles. The second-order valence-corrected chi connectivity index (χ2v) is 13.8. The van der Waals surface area contributed by atoms with Crippen LogP contribution in [-0.4, -0.2) is 0 Å². The van der Waals surface area contributed by atoms with Crippen LogP contribution >= 0.6 is 0 Å². The lowest BCUT2D eigenvalue weighted by Crippen LogP contribution is -2.09. The fraction of sp³-hybridized carbons (Fsp3) is 0. The van der Waals surface area contributed by atoms with Crippen molar-refractivity contribution in [1.82, 2.24) is 0 Å². The number of anilines is 3. The Morgan fingerprint density at radius 3 is 1.38 bits per heavy atom. The van der Waals surface area contributed by atoms with Gasteiger partial charge in [0.05, 0.1) is 0 Å². The summed E-state index contributed by atoms with van der Waals surface area (Å²) in [6, 6.07) is 77.2. The molecule has 1 nitrogen and oxygen atoms in total. The van der Waals surface area contributed by atoms with Crippen molar-refractivity contribution in [2.24, 2.45) is 0 Å². The Morgan fingerprint density at radius 2 is 0.698 bits per heavy atom. The summed E-state index contributed by atoms with van der Waals surface area (Å²) < 4.78 is 0. The molecule has 0 N–H and O–H groups in total. The lowest BCUT2D eigenvalue weighted by molar-refractivity contribution is 1.28. The summed E-state index contributed by atoms with van der Waals surface area (Å²) in [5, 5.41) is 10.2. The van der Waals surface area contributed by atoms with Gasteiger partial charge in [-0.2, -0.15) is 0 Å². The predicted octanol–water partition coefficient (Wildman–Crippen LogP) is 14.8. The molecule has 0 unspecified atom stereocenters. The van der Waals surface area contributed by atoms with Crippen LogP contribution in [0.5, 0.6) is 0 Å². The minimum atomic E-state index is 1.11. The van der Waals surface area contributed by atoms with Crippen LogP contribution in [-0.2, 0) is 0 Å². The van der Waals surface area contributed by atoms with Crippen molar-refractivity contribution < 1.29 is 0 Å². The second-order valence-electron chi connectivity index (χ2n) is 13.8. The van der Waals surface area contributed by atoms with Gasteiger partial charge in [0.25, 0.3) is 0 Å². The summed E-state index contributed by atoms with van der Waals surface area (Å²) >= 11 is 0. The van der Waals surface area contributed by atoms with Crippen LogP contribution in [0.3, 0.4) is 0 Å². The van der Waals surface area contributed by atoms with Crippen LogP contribution in [0.15, 0.2) is 212 Å². The van der Waals surface area contributed by atoms with Gasteiger partial charge in [0.2, 0.25) is 0 Å². The van der Waals surface area contributed by atoms with Crippen molar-refractivity contribution >= 4 is 60.2 Å². The molecule has 1 heteroatoms. The monoisotopic (exact) mass is 673 g/mol. The van der Waals surface area contributed by atoms with E-state index in [2.05, 4.69) is 217 Å². The highest BCUT2D eigenvalue weighted by Gasteiger charge is 2.15. The Kier molecular flexibility index (Phi) is 7.55. The molecular weight excluding hydrogens is 639 g/mol. The molecule has 0 amide bonds. The standard InChI is InChI=1S/C52H35N/c1-2-9-36(10-3-1)37-21-28-45(29-22-37)53(47-32-25-41(26-33-47)49-16-8-13-39-11-4-6-14-48(39)49)46-30-23-38(24-31-46)43-27-34-51-44(35-43)20-19-42-18-17-40-12-5-7-15-50(40)52(42)51/h1-35H. The quantitative estimate of drug-likeness (QED) is 0.159. The number of nitrogens with zero attached hydrogens (tertiary/aromatic N) is 1. The third-order valence-corrected chi connectivity index (χ3v) is 10.6. The molecular formula is C52H35N. The largest absolute Gasteiger partial charge is 0.311 e. The van der Waals surface area contributed by atoms with Gasteiger partial charge in [0.1, 0.15) is 0 Å². The first-order chi connectivity index (χ1) is 26.3. The third kappa shape index (κ3) is 5.60. The Hall–Kier alpha value is -6.96. The topological polar surface area (TPSA) is 3.24 Å². The van der Waals surface area contributed by atoms with E-state index in [1.54, 1.807) is 0 Å². The summed E-state index contributed by atoms with van der Waals surface area (Å²) in [4.78, 5) is 2.35. The van der Waals surface area contributed by atoms with E-state index in [4.69, 9.17) is 0 Å². The molecule has 0 saturated heterocycles. The van der Waals surface area contributed by atoms with Crippen molar-refractivity contribution in [2.75, 3.05) is 4.90 Å². The van der Waals surface area contributed by atoms with Crippen molar-refractivity contribution in [3.05, 3.63) is 212 Å². The molecule has 53 heavy (non-hydrogen) atoms. The molecule has 0 atom stereocenters. The van der Waals surface area contributed by atoms with E-state index in [9.17, 15) is 0 Å². The zero-order valence-electron chi connectivity index (χ0n) is 29.2. The van der Waals surface area contributed by atoms with Gasteiger partial charge in [-0.1, -0.05) is 170 Å². The minimum Gasteiger partial charge on any atom is -0.311 e. The van der Waals surface area contributed by atoms with Crippen LogP contribution in [0, 0.1) is 0 Å². The summed E-state index contributed by atoms with van der Waals surface area (Å²) in [6.45, 7) is 0. The van der Waals surface area contributed by atoms with E-state index in [1.807, 2.05) is 0 Å². The maximum absolute atomic E-state index is 2.35. The smallest absolute Gasteiger partial charge is 0.0462 e. The molecule has 0 heterocycles. The van der Waals surface area contributed by atoms with E-state index in [-0.39, 0.29) is 0 Å². The Labute approximate surface area is 309 Å². The number of hydrogen-bond acceptors (Lipinski definition) is 1. The van der Waals surface area contributed by atoms with Crippen molar-refractivity contribution in [2.45, 2.75) is 0 Å². The van der Waals surface area contributed by atoms with Crippen LogP contribution in [0.2, 0.25) is 0 Å². The summed E-state index contributed by atoms with van der Waals surface area (Å²) in [5.74, 6) is 0. The van der Waals surface area contributed by atoms with Gasteiger partial charge < -0.3 is 4.90 Å². The highest BCUT2D eigenvalue weighted by Crippen LogP contribution is 2.39. The van der Waals surface area contributed by atoms with E-state index in [0.717, 1.165) is 17.1 Å². The zero-order valence-corrected chi connectivity index (χ0v) is 29.2. The summed E-state index contributed by atoms with van der Waals surface area (Å²) in [6.07, 6.45) is 0. The van der Waals surface area contributed by atoms with Crippen LogP contribution in [0.25, 0.3) is 76.5 Å². The third-order valence-electron chi connectivity index (χ3n) is 10.6. The maximum Gasteiger partial charge on any atom is 0.0462 e. The lowest BCUT2D eigenvalue weighted by Gasteiger charge is -2.26. The van der Waals surface area contributed by atoms with Crippen molar-refractivity contribution in [3.8, 4) is 33.4 Å². The molecule has 0 aliphatic rings. The minimum absolute atomic E-state index is 1.11. The molecule has 10 rings (SSSR count). The average Bonchev–Trinajstić information content (AvgIpc) is 3.24. The SMILES string of the molecule is c1ccc(-c2ccc(N(c3ccc(-c4ccc5c(ccc6ccc7ccccc7c65)c4)cc3)c3ccc(-c4cccc5ccccc45)cc3)cc2)cc1. The highest BCUT2D eigenvalue weighted by atomic mass is 15.1. The van der Waals surface area contributed by atoms with Crippen molar-refractivity contribution in [1.29, 1.82) is 0 Å². The second kappa shape index (κ2) is 13.0. The predicted molar refractivity (Wildman–Crippen MR) is 227 cm³/mol. The molecule has 10 aromatic rings. The Bertz CT molecular complexity index is 2900. The van der Waals surface area contributed by atoms with E-state index < -0.39 is 0 Å². The van der Waals surface area contributed by atoms with Crippen LogP contribution < -0.4 is 4.90 Å². The molecule has 0 aromatic heterocycles. The Morgan fingerprint density at radius 1 is 0.245 bits per heavy atom. The van der Waals surface area contributed by atoms with Crippen molar-refractivity contribution in [3.63, 3.8) is 0 Å². The fourth-order valence-corrected chi connectivity index (χ4v) is 7.97. The van der Waals surface area contributed by atoms with Crippen LogP contribution in [0.4, 0.5) is 17.1 Å². The average molecular weight is 674 g/mol. The lowest BCUT2D eigenvalue weighted by atomic mass is 9.94. The summed E-state index contributed by atoms with van der Waals surface area (Å²) in [5.41, 5.74) is 10.6. The number of fused-ring (bicyclic) bond motifs is 6. The van der Waals surface area contributed by atoms with Gasteiger partial charge in [-0.25, -0.2) is 0 Å². The molecule has 0 aliphatic heterocycles. The molecule has 0 fully saturated rings. The van der Waals surface area contributed by atoms with Gasteiger partial charge in [0.15, 0.2) is 0 Å². The number of hydrogen-bond donors (Lipinski definition) is 0. The zero-order chi connectivity index (χ0) is 35.1. The molecule has 0 spiro atoms.